The molecule has 1 rings (SSSR count). The zero-order chi connectivity index (χ0) is 12.8. The Morgan fingerprint density at radius 1 is 1.47 bits per heavy atom. The summed E-state index contributed by atoms with van der Waals surface area (Å²) in [6.07, 6.45) is 5.73. The molecule has 1 saturated carbocycles. The van der Waals surface area contributed by atoms with Crippen molar-refractivity contribution in [2.75, 3.05) is 13.6 Å². The van der Waals surface area contributed by atoms with Crippen LogP contribution in [-0.2, 0) is 0 Å². The normalized spacial score (nSPS) is 31.4. The molecule has 1 aliphatic carbocycles. The Kier molecular flexibility index (Phi) is 5.83. The van der Waals surface area contributed by atoms with Crippen LogP contribution < -0.4 is 16.4 Å². The molecule has 0 aromatic heterocycles. The van der Waals surface area contributed by atoms with Gasteiger partial charge in [-0.2, -0.15) is 0 Å². The summed E-state index contributed by atoms with van der Waals surface area (Å²) in [7, 11) is 1.97. The van der Waals surface area contributed by atoms with E-state index in [1.54, 1.807) is 0 Å². The number of allylic oxidation sites excluding steroid dienone is 1. The molecular weight excluding hydrogens is 210 g/mol. The van der Waals surface area contributed by atoms with Gasteiger partial charge in [0.1, 0.15) is 0 Å². The summed E-state index contributed by atoms with van der Waals surface area (Å²) in [4.78, 5) is 0. The second-order valence-corrected chi connectivity index (χ2v) is 5.40. The Morgan fingerprint density at radius 3 is 2.65 bits per heavy atom. The van der Waals surface area contributed by atoms with E-state index in [0.29, 0.717) is 17.9 Å². The van der Waals surface area contributed by atoms with Crippen LogP contribution in [0.25, 0.3) is 0 Å². The molecule has 0 spiro atoms. The molecule has 3 heteroatoms. The Bertz CT molecular complexity index is 250. The smallest absolute Gasteiger partial charge is 0.0942 e. The Labute approximate surface area is 106 Å². The third kappa shape index (κ3) is 3.91. The highest BCUT2D eigenvalue weighted by molar-refractivity contribution is 4.96. The maximum absolute atomic E-state index is 6.09. The van der Waals surface area contributed by atoms with E-state index in [1.807, 2.05) is 7.05 Å². The third-order valence-corrected chi connectivity index (χ3v) is 4.21. The van der Waals surface area contributed by atoms with Gasteiger partial charge >= 0.3 is 0 Å². The molecule has 3 nitrogen and oxygen atoms in total. The van der Waals surface area contributed by atoms with Crippen molar-refractivity contribution < 1.29 is 0 Å². The maximum atomic E-state index is 6.09. The molecule has 0 aromatic rings. The van der Waals surface area contributed by atoms with Crippen molar-refractivity contribution in [3.05, 3.63) is 11.9 Å². The first-order chi connectivity index (χ1) is 8.10. The highest BCUT2D eigenvalue weighted by Gasteiger charge is 2.33. The number of hydrogen-bond donors (Lipinski definition) is 3. The van der Waals surface area contributed by atoms with Gasteiger partial charge in [0.15, 0.2) is 0 Å². The van der Waals surface area contributed by atoms with E-state index in [1.165, 1.54) is 12.8 Å². The molecule has 0 amide bonds. The lowest BCUT2D eigenvalue weighted by molar-refractivity contribution is 0.278. The molecule has 0 aliphatic heterocycles. The van der Waals surface area contributed by atoms with Crippen molar-refractivity contribution >= 4 is 0 Å². The van der Waals surface area contributed by atoms with E-state index >= 15 is 0 Å². The lowest BCUT2D eigenvalue weighted by Crippen LogP contribution is -2.33. The van der Waals surface area contributed by atoms with Gasteiger partial charge in [-0.1, -0.05) is 20.8 Å². The van der Waals surface area contributed by atoms with Gasteiger partial charge in [0.2, 0.25) is 0 Å². The fraction of sp³-hybridized carbons (Fsp3) is 0.857. The summed E-state index contributed by atoms with van der Waals surface area (Å²) < 4.78 is 0. The van der Waals surface area contributed by atoms with Gasteiger partial charge in [-0.15, -0.1) is 0 Å². The highest BCUT2D eigenvalue weighted by atomic mass is 15.1. The second kappa shape index (κ2) is 6.90. The maximum Gasteiger partial charge on any atom is 0.0942 e. The summed E-state index contributed by atoms with van der Waals surface area (Å²) in [5.74, 6) is 3.28. The molecule has 0 radical (unpaired) electrons. The first-order valence-corrected chi connectivity index (χ1v) is 6.97. The van der Waals surface area contributed by atoms with E-state index in [2.05, 4.69) is 37.5 Å². The van der Waals surface area contributed by atoms with Crippen molar-refractivity contribution in [3.8, 4) is 0 Å². The van der Waals surface area contributed by atoms with Crippen LogP contribution in [0.15, 0.2) is 11.9 Å². The van der Waals surface area contributed by atoms with E-state index in [0.717, 1.165) is 24.7 Å². The monoisotopic (exact) mass is 239 g/mol. The Hall–Kier alpha value is -0.700. The van der Waals surface area contributed by atoms with Crippen LogP contribution in [0, 0.1) is 17.8 Å². The zero-order valence-electron chi connectivity index (χ0n) is 11.8. The van der Waals surface area contributed by atoms with Crippen molar-refractivity contribution in [2.45, 2.75) is 46.1 Å². The largest absolute Gasteiger partial charge is 0.375 e. The topological polar surface area (TPSA) is 50.1 Å². The highest BCUT2D eigenvalue weighted by Crippen LogP contribution is 2.35. The van der Waals surface area contributed by atoms with E-state index in [4.69, 9.17) is 5.73 Å². The lowest BCUT2D eigenvalue weighted by atomic mass is 9.85. The number of nitrogens with two attached hydrogens (primary N) is 1. The van der Waals surface area contributed by atoms with Crippen molar-refractivity contribution in [2.24, 2.45) is 23.5 Å². The minimum absolute atomic E-state index is 0.414. The molecular formula is C14H29N3. The predicted molar refractivity (Wildman–Crippen MR) is 74.5 cm³/mol. The van der Waals surface area contributed by atoms with Crippen molar-refractivity contribution in [1.29, 1.82) is 0 Å². The van der Waals surface area contributed by atoms with Crippen molar-refractivity contribution in [1.82, 2.24) is 10.6 Å². The Morgan fingerprint density at radius 2 is 2.18 bits per heavy atom. The average molecular weight is 239 g/mol. The van der Waals surface area contributed by atoms with Crippen LogP contribution >= 0.6 is 0 Å². The van der Waals surface area contributed by atoms with Gasteiger partial charge in [-0.05, 0) is 43.1 Å². The van der Waals surface area contributed by atoms with Gasteiger partial charge in [-0.25, -0.2) is 0 Å². The zero-order valence-corrected chi connectivity index (χ0v) is 11.8. The molecule has 4 N–H and O–H groups in total. The fourth-order valence-electron chi connectivity index (χ4n) is 2.92. The van der Waals surface area contributed by atoms with Gasteiger partial charge in [0, 0.05) is 19.6 Å². The third-order valence-electron chi connectivity index (χ3n) is 4.21. The van der Waals surface area contributed by atoms with Gasteiger partial charge in [0.05, 0.1) is 5.82 Å². The van der Waals surface area contributed by atoms with Crippen LogP contribution in [0.3, 0.4) is 0 Å². The summed E-state index contributed by atoms with van der Waals surface area (Å²) >= 11 is 0. The lowest BCUT2D eigenvalue weighted by Gasteiger charge is -2.26. The molecule has 100 valence electrons. The first-order valence-electron chi connectivity index (χ1n) is 6.97. The molecule has 4 unspecified atom stereocenters. The molecule has 1 aliphatic rings. The summed E-state index contributed by atoms with van der Waals surface area (Å²) in [5.41, 5.74) is 6.09. The van der Waals surface area contributed by atoms with E-state index in [9.17, 15) is 0 Å². The summed E-state index contributed by atoms with van der Waals surface area (Å²) in [6, 6.07) is 0.414. The molecule has 0 aromatic carbocycles. The van der Waals surface area contributed by atoms with Crippen LogP contribution in [0.1, 0.15) is 40.0 Å². The fourth-order valence-corrected chi connectivity index (χ4v) is 2.92. The molecule has 0 bridgehead atoms. The van der Waals surface area contributed by atoms with Crippen LogP contribution in [0.2, 0.25) is 0 Å². The number of rotatable bonds is 6. The first kappa shape index (κ1) is 14.4. The van der Waals surface area contributed by atoms with E-state index < -0.39 is 0 Å². The molecule has 0 saturated heterocycles. The average Bonchev–Trinajstić information content (AvgIpc) is 2.65. The molecule has 17 heavy (non-hydrogen) atoms. The minimum Gasteiger partial charge on any atom is -0.375 e. The van der Waals surface area contributed by atoms with Gasteiger partial charge in [0.25, 0.3) is 0 Å². The molecule has 4 atom stereocenters. The van der Waals surface area contributed by atoms with E-state index in [-0.39, 0.29) is 0 Å². The standard InChI is InChI=1S/C14H29N3/c1-5-6-14(16-4)17-9-10(2)12-7-8-13(15)11(12)3/h6,10-13,16-17H,5,7-9,15H2,1-4H3/b14-6-. The Balaban J connectivity index is 2.39. The number of nitrogens with one attached hydrogen (secondary N) is 2. The molecule has 0 heterocycles. The van der Waals surface area contributed by atoms with Crippen LogP contribution in [0.4, 0.5) is 0 Å². The van der Waals surface area contributed by atoms with Gasteiger partial charge < -0.3 is 16.4 Å². The van der Waals surface area contributed by atoms with Crippen LogP contribution in [0.5, 0.6) is 0 Å². The minimum atomic E-state index is 0.414. The summed E-state index contributed by atoms with van der Waals surface area (Å²) in [6.45, 7) is 7.83. The van der Waals surface area contributed by atoms with Gasteiger partial charge in [-0.3, -0.25) is 0 Å². The number of hydrogen-bond acceptors (Lipinski definition) is 3. The SMILES string of the molecule is CC/C=C(/NC)NCC(C)C1CCC(N)C1C. The van der Waals surface area contributed by atoms with Crippen LogP contribution in [-0.4, -0.2) is 19.6 Å². The summed E-state index contributed by atoms with van der Waals surface area (Å²) in [5, 5.41) is 6.69. The predicted octanol–water partition coefficient (Wildman–Crippen LogP) is 2.06. The van der Waals surface area contributed by atoms with Crippen molar-refractivity contribution in [3.63, 3.8) is 0 Å². The molecule has 1 fully saturated rings. The quantitative estimate of drug-likeness (QED) is 0.665. The second-order valence-electron chi connectivity index (χ2n) is 5.40.